The van der Waals surface area contributed by atoms with E-state index in [4.69, 9.17) is 11.0 Å². The summed E-state index contributed by atoms with van der Waals surface area (Å²) in [5.41, 5.74) is 5.46. The molecule has 1 amide bonds. The van der Waals surface area contributed by atoms with Crippen LogP contribution in [0.4, 0.5) is 0 Å². The third-order valence-electron chi connectivity index (χ3n) is 2.19. The van der Waals surface area contributed by atoms with Gasteiger partial charge in [-0.25, -0.2) is 0 Å². The SMILES string of the molecule is CCC(CC#N)NC(=O)CCC(C)(C)N. The number of nitrogens with zero attached hydrogens (tertiary/aromatic N) is 1. The first-order valence-electron chi connectivity index (χ1n) is 5.34. The number of carbonyl (C=O) groups excluding carboxylic acids is 1. The van der Waals surface area contributed by atoms with Gasteiger partial charge in [-0.2, -0.15) is 5.26 Å². The highest BCUT2D eigenvalue weighted by molar-refractivity contribution is 5.76. The topological polar surface area (TPSA) is 78.9 Å². The fraction of sp³-hybridized carbons (Fsp3) is 0.818. The molecule has 4 nitrogen and oxygen atoms in total. The molecule has 0 aliphatic heterocycles. The Balaban J connectivity index is 3.87. The highest BCUT2D eigenvalue weighted by Crippen LogP contribution is 2.07. The summed E-state index contributed by atoms with van der Waals surface area (Å²) in [4.78, 5) is 11.5. The van der Waals surface area contributed by atoms with Crippen molar-refractivity contribution in [2.24, 2.45) is 5.73 Å². The normalized spacial score (nSPS) is 13.0. The Morgan fingerprint density at radius 2 is 2.20 bits per heavy atom. The van der Waals surface area contributed by atoms with Crippen LogP contribution in [0.1, 0.15) is 46.5 Å². The highest BCUT2D eigenvalue weighted by atomic mass is 16.1. The van der Waals surface area contributed by atoms with E-state index in [1.165, 1.54) is 0 Å². The third-order valence-corrected chi connectivity index (χ3v) is 2.19. The van der Waals surface area contributed by atoms with Crippen LogP contribution in [0, 0.1) is 11.3 Å². The number of carbonyl (C=O) groups is 1. The minimum absolute atomic E-state index is 0.0179. The molecule has 0 saturated carbocycles. The summed E-state index contributed by atoms with van der Waals surface area (Å²) in [5.74, 6) is -0.0179. The average Bonchev–Trinajstić information content (AvgIpc) is 2.13. The van der Waals surface area contributed by atoms with Gasteiger partial charge in [-0.05, 0) is 26.7 Å². The van der Waals surface area contributed by atoms with Gasteiger partial charge < -0.3 is 11.1 Å². The van der Waals surface area contributed by atoms with Crippen molar-refractivity contribution in [1.29, 1.82) is 5.26 Å². The molecule has 0 aliphatic carbocycles. The van der Waals surface area contributed by atoms with Crippen LogP contribution in [-0.4, -0.2) is 17.5 Å². The van der Waals surface area contributed by atoms with E-state index in [-0.39, 0.29) is 17.5 Å². The van der Waals surface area contributed by atoms with Gasteiger partial charge in [-0.15, -0.1) is 0 Å². The molecular weight excluding hydrogens is 190 g/mol. The predicted octanol–water partition coefficient (Wildman–Crippen LogP) is 1.31. The van der Waals surface area contributed by atoms with Crippen molar-refractivity contribution < 1.29 is 4.79 Å². The minimum atomic E-state index is -0.311. The first-order chi connectivity index (χ1) is 6.89. The first kappa shape index (κ1) is 13.9. The molecule has 0 aromatic carbocycles. The lowest BCUT2D eigenvalue weighted by Crippen LogP contribution is -2.37. The van der Waals surface area contributed by atoms with E-state index in [2.05, 4.69) is 11.4 Å². The summed E-state index contributed by atoms with van der Waals surface area (Å²) in [5, 5.41) is 11.3. The second-order valence-corrected chi connectivity index (χ2v) is 4.52. The van der Waals surface area contributed by atoms with E-state index in [0.29, 0.717) is 19.3 Å². The molecule has 3 N–H and O–H groups in total. The molecular formula is C11H21N3O. The van der Waals surface area contributed by atoms with Gasteiger partial charge in [0.25, 0.3) is 0 Å². The highest BCUT2D eigenvalue weighted by Gasteiger charge is 2.15. The molecule has 0 saturated heterocycles. The number of nitrogens with one attached hydrogen (secondary N) is 1. The number of hydrogen-bond donors (Lipinski definition) is 2. The fourth-order valence-electron chi connectivity index (χ4n) is 1.14. The molecule has 15 heavy (non-hydrogen) atoms. The monoisotopic (exact) mass is 211 g/mol. The zero-order valence-corrected chi connectivity index (χ0v) is 9.84. The maximum atomic E-state index is 11.5. The van der Waals surface area contributed by atoms with E-state index >= 15 is 0 Å². The van der Waals surface area contributed by atoms with Crippen molar-refractivity contribution in [2.45, 2.75) is 58.0 Å². The number of amides is 1. The van der Waals surface area contributed by atoms with Crippen LogP contribution in [0.3, 0.4) is 0 Å². The van der Waals surface area contributed by atoms with Crippen LogP contribution in [0.25, 0.3) is 0 Å². The van der Waals surface area contributed by atoms with Gasteiger partial charge in [0.15, 0.2) is 0 Å². The zero-order chi connectivity index (χ0) is 11.9. The molecule has 4 heteroatoms. The Morgan fingerprint density at radius 1 is 1.60 bits per heavy atom. The second kappa shape index (κ2) is 6.41. The Labute approximate surface area is 91.8 Å². The van der Waals surface area contributed by atoms with Crippen LogP contribution in [0.15, 0.2) is 0 Å². The number of nitrogens with two attached hydrogens (primary N) is 1. The number of nitriles is 1. The first-order valence-corrected chi connectivity index (χ1v) is 5.34. The second-order valence-electron chi connectivity index (χ2n) is 4.52. The van der Waals surface area contributed by atoms with Crippen molar-refractivity contribution in [3.05, 3.63) is 0 Å². The summed E-state index contributed by atoms with van der Waals surface area (Å²) in [6, 6.07) is 2.03. The van der Waals surface area contributed by atoms with Gasteiger partial charge in [0.05, 0.1) is 12.5 Å². The molecule has 0 heterocycles. The van der Waals surface area contributed by atoms with Gasteiger partial charge >= 0.3 is 0 Å². The van der Waals surface area contributed by atoms with E-state index < -0.39 is 0 Å². The molecule has 0 spiro atoms. The van der Waals surface area contributed by atoms with Gasteiger partial charge in [-0.3, -0.25) is 4.79 Å². The number of rotatable bonds is 6. The van der Waals surface area contributed by atoms with Crippen LogP contribution in [0.5, 0.6) is 0 Å². The lowest BCUT2D eigenvalue weighted by molar-refractivity contribution is -0.122. The van der Waals surface area contributed by atoms with Crippen molar-refractivity contribution in [3.63, 3.8) is 0 Å². The molecule has 0 fully saturated rings. The Kier molecular flexibility index (Phi) is 5.95. The van der Waals surface area contributed by atoms with E-state index in [0.717, 1.165) is 6.42 Å². The summed E-state index contributed by atoms with van der Waals surface area (Å²) in [6.45, 7) is 5.74. The number of hydrogen-bond acceptors (Lipinski definition) is 3. The van der Waals surface area contributed by atoms with E-state index in [1.54, 1.807) is 0 Å². The smallest absolute Gasteiger partial charge is 0.220 e. The average molecular weight is 211 g/mol. The fourth-order valence-corrected chi connectivity index (χ4v) is 1.14. The zero-order valence-electron chi connectivity index (χ0n) is 9.84. The van der Waals surface area contributed by atoms with Crippen molar-refractivity contribution in [2.75, 3.05) is 0 Å². The van der Waals surface area contributed by atoms with Crippen LogP contribution >= 0.6 is 0 Å². The van der Waals surface area contributed by atoms with Gasteiger partial charge in [0.2, 0.25) is 5.91 Å². The summed E-state index contributed by atoms with van der Waals surface area (Å²) in [6.07, 6.45) is 2.23. The van der Waals surface area contributed by atoms with Gasteiger partial charge in [0, 0.05) is 18.0 Å². The van der Waals surface area contributed by atoms with Crippen molar-refractivity contribution in [1.82, 2.24) is 5.32 Å². The van der Waals surface area contributed by atoms with Crippen LogP contribution < -0.4 is 11.1 Å². The van der Waals surface area contributed by atoms with Crippen LogP contribution in [-0.2, 0) is 4.79 Å². The molecule has 0 rings (SSSR count). The van der Waals surface area contributed by atoms with Gasteiger partial charge in [0.1, 0.15) is 0 Å². The van der Waals surface area contributed by atoms with Gasteiger partial charge in [-0.1, -0.05) is 6.92 Å². The quantitative estimate of drug-likeness (QED) is 0.695. The molecule has 0 aromatic heterocycles. The standard InChI is InChI=1S/C11H21N3O/c1-4-9(6-8-12)14-10(15)5-7-11(2,3)13/h9H,4-7,13H2,1-3H3,(H,14,15). The molecule has 1 unspecified atom stereocenters. The molecule has 0 radical (unpaired) electrons. The summed E-state index contributed by atoms with van der Waals surface area (Å²) >= 11 is 0. The maximum Gasteiger partial charge on any atom is 0.220 e. The molecule has 86 valence electrons. The summed E-state index contributed by atoms with van der Waals surface area (Å²) < 4.78 is 0. The minimum Gasteiger partial charge on any atom is -0.352 e. The Bertz CT molecular complexity index is 237. The maximum absolute atomic E-state index is 11.5. The van der Waals surface area contributed by atoms with E-state index in [9.17, 15) is 4.79 Å². The van der Waals surface area contributed by atoms with Crippen LogP contribution in [0.2, 0.25) is 0 Å². The molecule has 0 bridgehead atoms. The summed E-state index contributed by atoms with van der Waals surface area (Å²) in [7, 11) is 0. The third kappa shape index (κ3) is 7.95. The molecule has 1 atom stereocenters. The predicted molar refractivity (Wildman–Crippen MR) is 60.0 cm³/mol. The largest absolute Gasteiger partial charge is 0.352 e. The lowest BCUT2D eigenvalue weighted by atomic mass is 9.99. The van der Waals surface area contributed by atoms with Crippen molar-refractivity contribution in [3.8, 4) is 6.07 Å². The van der Waals surface area contributed by atoms with E-state index in [1.807, 2.05) is 20.8 Å². The Hall–Kier alpha value is -1.08. The lowest BCUT2D eigenvalue weighted by Gasteiger charge is -2.19. The van der Waals surface area contributed by atoms with Crippen molar-refractivity contribution >= 4 is 5.91 Å². The molecule has 0 aromatic rings. The Morgan fingerprint density at radius 3 is 2.60 bits per heavy atom. The molecule has 0 aliphatic rings.